The molecule has 0 atom stereocenters. The number of hydrogen-bond donors (Lipinski definition) is 0. The van der Waals surface area contributed by atoms with Crippen LogP contribution in [0.15, 0.2) is 414 Å². The summed E-state index contributed by atoms with van der Waals surface area (Å²) >= 11 is 0. The number of nitrogens with zero attached hydrogens (tertiary/aromatic N) is 12. The molecule has 8 aromatic carbocycles. The summed E-state index contributed by atoms with van der Waals surface area (Å²) in [6.07, 6.45) is 16.7. The SMILES string of the molecule is CC(C)Cc1cccc(-c2ccnc(-c3[c-]cccc3)c2)n1.CC(C)c1cccc(-c2ccnc(-c3[c-]cccc3)c2)n1.CCc1cccc(-c2ccnc(-c3[c-]cccc3)c2)n1.Cc1ccc(-c2[c-]cccc2)nc1.Cc1ccc(-c2[c-]cccc2)nc1.Cc1ccc(-c2[c-]cccc2)nc1.Cc1ccc(-c2[c-]cccc2)nc1.Cc1cccc(-c2ccnc(-c3[c-]cccc3)c2)n1.[Ir].[Ir].[Ir].[Ir]. The van der Waals surface area contributed by atoms with Gasteiger partial charge in [-0.25, -0.2) is 0 Å². The molecular weight excluding hydrogens is 2400 g/mol. The van der Waals surface area contributed by atoms with E-state index in [4.69, 9.17) is 9.97 Å². The zero-order chi connectivity index (χ0) is 93.3. The normalized spacial score (nSPS) is 10.1. The Hall–Kier alpha value is -13.8. The molecule has 0 saturated heterocycles. The maximum atomic E-state index is 4.78. The number of aromatic nitrogens is 12. The van der Waals surface area contributed by atoms with E-state index < -0.39 is 0 Å². The number of hydrogen-bond acceptors (Lipinski definition) is 12. The zero-order valence-electron chi connectivity index (χ0n) is 78.5. The minimum absolute atomic E-state index is 0. The van der Waals surface area contributed by atoms with Gasteiger partial charge in [0.1, 0.15) is 0 Å². The summed E-state index contributed by atoms with van der Waals surface area (Å²) in [6, 6.07) is 145. The number of aryl methyl sites for hydroxylation is 6. The first kappa shape index (κ1) is 108. The molecule has 0 aliphatic rings. The third-order valence-corrected chi connectivity index (χ3v) is 20.6. The molecule has 696 valence electrons. The summed E-state index contributed by atoms with van der Waals surface area (Å²) in [5.41, 5.74) is 33.1. The molecule has 138 heavy (non-hydrogen) atoms. The van der Waals surface area contributed by atoms with Crippen molar-refractivity contribution in [3.8, 4) is 135 Å². The van der Waals surface area contributed by atoms with Crippen LogP contribution in [0.2, 0.25) is 0 Å². The monoisotopic (exact) mass is 2510 g/mol. The van der Waals surface area contributed by atoms with Gasteiger partial charge in [0.25, 0.3) is 0 Å². The summed E-state index contributed by atoms with van der Waals surface area (Å²) in [5, 5.41) is 0. The van der Waals surface area contributed by atoms with E-state index in [2.05, 4.69) is 218 Å². The Kier molecular flexibility index (Phi) is 45.2. The van der Waals surface area contributed by atoms with Crippen LogP contribution in [0.1, 0.15) is 85.6 Å². The van der Waals surface area contributed by atoms with Crippen LogP contribution in [-0.4, -0.2) is 59.8 Å². The maximum absolute atomic E-state index is 4.78. The summed E-state index contributed by atoms with van der Waals surface area (Å²) < 4.78 is 0. The number of pyridine rings is 12. The van der Waals surface area contributed by atoms with E-state index in [0.29, 0.717) is 11.8 Å². The first-order valence-electron chi connectivity index (χ1n) is 44.8. The van der Waals surface area contributed by atoms with Gasteiger partial charge in [0.15, 0.2) is 0 Å². The summed E-state index contributed by atoms with van der Waals surface area (Å²) in [5.74, 6) is 1.03. The average molecular weight is 2510 g/mol. The van der Waals surface area contributed by atoms with E-state index in [-0.39, 0.29) is 80.4 Å². The van der Waals surface area contributed by atoms with E-state index in [1.54, 1.807) is 0 Å². The van der Waals surface area contributed by atoms with Gasteiger partial charge in [0.05, 0.1) is 22.8 Å². The molecule has 12 aromatic heterocycles. The summed E-state index contributed by atoms with van der Waals surface area (Å²) in [7, 11) is 0. The predicted molar refractivity (Wildman–Crippen MR) is 547 cm³/mol. The van der Waals surface area contributed by atoms with Crippen molar-refractivity contribution in [3.05, 3.63) is 507 Å². The fraction of sp³-hybridized carbons (Fsp3) is 0.115. The predicted octanol–water partition coefficient (Wildman–Crippen LogP) is 29.1. The van der Waals surface area contributed by atoms with Crippen LogP contribution >= 0.6 is 0 Å². The average Bonchev–Trinajstić information content (AvgIpc) is 0.839. The van der Waals surface area contributed by atoms with Gasteiger partial charge in [0.2, 0.25) is 0 Å². The summed E-state index contributed by atoms with van der Waals surface area (Å²) in [4.78, 5) is 53.7. The van der Waals surface area contributed by atoms with Crippen LogP contribution in [0.25, 0.3) is 135 Å². The third-order valence-electron chi connectivity index (χ3n) is 20.6. The van der Waals surface area contributed by atoms with Crippen LogP contribution in [0.5, 0.6) is 0 Å². The topological polar surface area (TPSA) is 155 Å². The van der Waals surface area contributed by atoms with Crippen molar-refractivity contribution in [1.29, 1.82) is 0 Å². The molecule has 0 fully saturated rings. The van der Waals surface area contributed by atoms with Crippen LogP contribution in [0, 0.1) is 89.1 Å². The van der Waals surface area contributed by atoms with Gasteiger partial charge in [0, 0.05) is 153 Å². The van der Waals surface area contributed by atoms with E-state index in [9.17, 15) is 0 Å². The zero-order valence-corrected chi connectivity index (χ0v) is 88.1. The fourth-order valence-electron chi connectivity index (χ4n) is 13.5. The Labute approximate surface area is 868 Å². The molecule has 20 aromatic rings. The smallest absolute Gasteiger partial charge is 0.0698 e. The maximum Gasteiger partial charge on any atom is 0.0698 e. The van der Waals surface area contributed by atoms with Gasteiger partial charge in [-0.1, -0.05) is 132 Å². The van der Waals surface area contributed by atoms with E-state index in [1.807, 2.05) is 363 Å². The van der Waals surface area contributed by atoms with Crippen LogP contribution in [0.4, 0.5) is 0 Å². The second-order valence-electron chi connectivity index (χ2n) is 32.1. The van der Waals surface area contributed by atoms with Gasteiger partial charge >= 0.3 is 0 Å². The van der Waals surface area contributed by atoms with Gasteiger partial charge in [-0.3, -0.25) is 19.9 Å². The molecule has 16 heteroatoms. The van der Waals surface area contributed by atoms with Crippen molar-refractivity contribution in [1.82, 2.24) is 59.8 Å². The van der Waals surface area contributed by atoms with E-state index in [1.165, 1.54) is 22.3 Å². The van der Waals surface area contributed by atoms with Crippen molar-refractivity contribution in [2.45, 2.75) is 88.0 Å². The van der Waals surface area contributed by atoms with Gasteiger partial charge < -0.3 is 39.9 Å². The molecule has 20 rings (SSSR count). The first-order chi connectivity index (χ1) is 65.6. The molecule has 0 spiro atoms. The Morgan fingerprint density at radius 3 is 0.725 bits per heavy atom. The van der Waals surface area contributed by atoms with Crippen molar-refractivity contribution in [3.63, 3.8) is 0 Å². The van der Waals surface area contributed by atoms with Crippen molar-refractivity contribution >= 4 is 0 Å². The first-order valence-corrected chi connectivity index (χ1v) is 44.8. The largest absolute Gasteiger partial charge is 0.305 e. The van der Waals surface area contributed by atoms with Crippen LogP contribution in [0.3, 0.4) is 0 Å². The van der Waals surface area contributed by atoms with Gasteiger partial charge in [-0.15, -0.1) is 287 Å². The van der Waals surface area contributed by atoms with Crippen molar-refractivity contribution < 1.29 is 80.4 Å². The molecule has 0 aliphatic heterocycles. The Bertz CT molecular complexity index is 6560. The quantitative estimate of drug-likeness (QED) is 0.0846. The van der Waals surface area contributed by atoms with Crippen LogP contribution in [-0.2, 0) is 93.3 Å². The molecular formula is C122H104Ir4N12-8. The second kappa shape index (κ2) is 57.9. The summed E-state index contributed by atoms with van der Waals surface area (Å²) in [6.45, 7) is 21.0. The van der Waals surface area contributed by atoms with Crippen molar-refractivity contribution in [2.24, 2.45) is 5.92 Å². The van der Waals surface area contributed by atoms with E-state index >= 15 is 0 Å². The minimum Gasteiger partial charge on any atom is -0.305 e. The van der Waals surface area contributed by atoms with Gasteiger partial charge in [-0.05, 0) is 222 Å². The van der Waals surface area contributed by atoms with Crippen molar-refractivity contribution in [2.75, 3.05) is 0 Å². The molecule has 0 bridgehead atoms. The molecule has 0 unspecified atom stereocenters. The number of rotatable bonds is 16. The van der Waals surface area contributed by atoms with Crippen LogP contribution < -0.4 is 0 Å². The third kappa shape index (κ3) is 34.4. The molecule has 0 N–H and O–H groups in total. The Morgan fingerprint density at radius 2 is 0.478 bits per heavy atom. The molecule has 12 heterocycles. The second-order valence-corrected chi connectivity index (χ2v) is 32.1. The Balaban J connectivity index is 0.000000177. The molecule has 12 nitrogen and oxygen atoms in total. The molecule has 4 radical (unpaired) electrons. The minimum atomic E-state index is 0. The standard InChI is InChI=1S/C20H19N2.C19H17N2.C18H15N2.C17H13N2.4C12H10N.4Ir/c1-15(2)13-18-9-6-10-19(22-18)17-11-12-21-20(14-17)16-7-4-3-5-8-16;1-14(2)17-9-6-10-18(21-17)16-11-12-20-19(13-16)15-7-4-3-5-8-15;1-2-16-9-6-10-17(20-16)15-11-12-19-18(13-15)14-7-4-3-5-8-14;1-13-6-5-9-16(19-13)15-10-11-18-17(12-15)14-7-3-2-4-8-14;4*1-10-7-8-12(13-9-10)11-5-3-2-4-6-11;;;;/h3-7,9-12,14-15H,13H2,1-2H3;3-7,9-14H,1-2H3;3-7,9-13H,2H2,1H3;2-7,9-12H,1H3;4*2-5,7-9H,1H3;;;;/q8*-1;;;;. The molecule has 0 amide bonds. The fourth-order valence-corrected chi connectivity index (χ4v) is 13.5. The molecule has 0 aliphatic carbocycles. The number of benzene rings is 8. The Morgan fingerprint density at radius 1 is 0.225 bits per heavy atom. The van der Waals surface area contributed by atoms with E-state index in [0.717, 1.165) is 171 Å². The van der Waals surface area contributed by atoms with Gasteiger partial charge in [-0.2, -0.15) is 0 Å². The molecule has 0 saturated carbocycles.